The van der Waals surface area contributed by atoms with Crippen molar-refractivity contribution in [2.75, 3.05) is 34.3 Å². The summed E-state index contributed by atoms with van der Waals surface area (Å²) in [6.07, 6.45) is 0.605. The molecule has 3 rings (SSSR count). The summed E-state index contributed by atoms with van der Waals surface area (Å²) in [7, 11) is 5.34. The van der Waals surface area contributed by atoms with Gasteiger partial charge < -0.3 is 19.6 Å². The highest BCUT2D eigenvalue weighted by atomic mass is 19.1. The predicted octanol–water partition coefficient (Wildman–Crippen LogP) is 3.21. The van der Waals surface area contributed by atoms with E-state index in [1.165, 1.54) is 24.1 Å². The number of ether oxygens (including phenoxy) is 1. The van der Waals surface area contributed by atoms with Crippen LogP contribution in [0, 0.1) is 5.82 Å². The average Bonchev–Trinajstić information content (AvgIpc) is 2.98. The van der Waals surface area contributed by atoms with Crippen molar-refractivity contribution in [3.8, 4) is 5.75 Å². The molecule has 0 bridgehead atoms. The third kappa shape index (κ3) is 4.21. The van der Waals surface area contributed by atoms with E-state index in [1.54, 1.807) is 36.4 Å². The lowest BCUT2D eigenvalue weighted by Crippen LogP contribution is -2.32. The Morgan fingerprint density at radius 3 is 2.40 bits per heavy atom. The Morgan fingerprint density at radius 1 is 1.13 bits per heavy atom. The summed E-state index contributed by atoms with van der Waals surface area (Å²) in [4.78, 5) is 29.0. The fourth-order valence-corrected chi connectivity index (χ4v) is 3.59. The van der Waals surface area contributed by atoms with Gasteiger partial charge in [0.15, 0.2) is 0 Å². The van der Waals surface area contributed by atoms with Gasteiger partial charge in [-0.05, 0) is 57.4 Å². The van der Waals surface area contributed by atoms with E-state index < -0.39 is 23.5 Å². The highest BCUT2D eigenvalue weighted by molar-refractivity contribution is 6.46. The second-order valence-electron chi connectivity index (χ2n) is 7.40. The number of aliphatic hydroxyl groups excluding tert-OH is 1. The minimum atomic E-state index is -0.990. The molecule has 1 amide bonds. The van der Waals surface area contributed by atoms with Gasteiger partial charge in [0.1, 0.15) is 17.3 Å². The number of likely N-dealkylation sites (tertiary alicyclic amines) is 1. The highest BCUT2D eigenvalue weighted by Gasteiger charge is 2.46. The molecular weight excluding hydrogens is 387 g/mol. The average molecular weight is 412 g/mol. The summed E-state index contributed by atoms with van der Waals surface area (Å²) in [6.45, 7) is 0.965. The fourth-order valence-electron chi connectivity index (χ4n) is 3.59. The SMILES string of the molecule is COc1ccc(/C(O)=C2\C(=O)C(=O)N(CCCN(C)C)C2c2ccccc2F)cc1. The maximum Gasteiger partial charge on any atom is 0.295 e. The summed E-state index contributed by atoms with van der Waals surface area (Å²) < 4.78 is 19.8. The molecule has 0 aromatic heterocycles. The number of amides is 1. The van der Waals surface area contributed by atoms with Crippen molar-refractivity contribution < 1.29 is 23.8 Å². The van der Waals surface area contributed by atoms with E-state index in [4.69, 9.17) is 4.74 Å². The molecule has 1 saturated heterocycles. The van der Waals surface area contributed by atoms with Gasteiger partial charge in [-0.1, -0.05) is 18.2 Å². The quantitative estimate of drug-likeness (QED) is 0.430. The van der Waals surface area contributed by atoms with E-state index in [-0.39, 0.29) is 23.4 Å². The summed E-state index contributed by atoms with van der Waals surface area (Å²) in [5.74, 6) is -1.85. The normalized spacial score (nSPS) is 18.3. The van der Waals surface area contributed by atoms with E-state index in [1.807, 2.05) is 19.0 Å². The van der Waals surface area contributed by atoms with Crippen LogP contribution >= 0.6 is 0 Å². The molecule has 2 aromatic rings. The predicted molar refractivity (Wildman–Crippen MR) is 112 cm³/mol. The number of rotatable bonds is 7. The molecular formula is C23H25FN2O4. The smallest absolute Gasteiger partial charge is 0.295 e. The molecule has 0 saturated carbocycles. The van der Waals surface area contributed by atoms with Crippen LogP contribution in [0.3, 0.4) is 0 Å². The van der Waals surface area contributed by atoms with Crippen LogP contribution in [0.1, 0.15) is 23.6 Å². The van der Waals surface area contributed by atoms with E-state index >= 15 is 0 Å². The molecule has 158 valence electrons. The molecule has 0 radical (unpaired) electrons. The number of methoxy groups -OCH3 is 1. The Morgan fingerprint density at radius 2 is 1.80 bits per heavy atom. The molecule has 1 unspecified atom stereocenters. The van der Waals surface area contributed by atoms with Gasteiger partial charge in [0.05, 0.1) is 18.7 Å². The van der Waals surface area contributed by atoms with Crippen LogP contribution in [-0.2, 0) is 9.59 Å². The maximum absolute atomic E-state index is 14.7. The van der Waals surface area contributed by atoms with Crippen molar-refractivity contribution in [3.05, 3.63) is 71.0 Å². The van der Waals surface area contributed by atoms with Crippen molar-refractivity contribution >= 4 is 17.4 Å². The minimum Gasteiger partial charge on any atom is -0.507 e. The van der Waals surface area contributed by atoms with Crippen LogP contribution in [0.15, 0.2) is 54.1 Å². The topological polar surface area (TPSA) is 70.1 Å². The summed E-state index contributed by atoms with van der Waals surface area (Å²) >= 11 is 0. The van der Waals surface area contributed by atoms with E-state index in [2.05, 4.69) is 0 Å². The van der Waals surface area contributed by atoms with Gasteiger partial charge in [-0.2, -0.15) is 0 Å². The molecule has 0 spiro atoms. The number of nitrogens with zero attached hydrogens (tertiary/aromatic N) is 2. The number of aliphatic hydroxyl groups is 1. The standard InChI is InChI=1S/C23H25FN2O4/c1-25(2)13-6-14-26-20(17-7-4-5-8-18(17)24)19(22(28)23(26)29)21(27)15-9-11-16(30-3)12-10-15/h4-5,7-12,20,27H,6,13-14H2,1-3H3/b21-19+. The van der Waals surface area contributed by atoms with Crippen molar-refractivity contribution in [1.29, 1.82) is 0 Å². The minimum absolute atomic E-state index is 0.111. The second kappa shape index (κ2) is 9.09. The third-order valence-corrected chi connectivity index (χ3v) is 5.11. The van der Waals surface area contributed by atoms with Crippen LogP contribution < -0.4 is 4.74 Å². The van der Waals surface area contributed by atoms with Crippen LogP contribution in [0.5, 0.6) is 5.75 Å². The molecule has 0 aliphatic carbocycles. The second-order valence-corrected chi connectivity index (χ2v) is 7.40. The van der Waals surface area contributed by atoms with Crippen LogP contribution in [0.25, 0.3) is 5.76 Å². The van der Waals surface area contributed by atoms with E-state index in [9.17, 15) is 19.1 Å². The zero-order valence-corrected chi connectivity index (χ0v) is 17.3. The molecule has 1 heterocycles. The van der Waals surface area contributed by atoms with Crippen molar-refractivity contribution in [2.45, 2.75) is 12.5 Å². The van der Waals surface area contributed by atoms with Gasteiger partial charge >= 0.3 is 0 Å². The number of benzene rings is 2. The Kier molecular flexibility index (Phi) is 6.52. The summed E-state index contributed by atoms with van der Waals surface area (Å²) in [5, 5.41) is 10.9. The van der Waals surface area contributed by atoms with E-state index in [0.29, 0.717) is 24.3 Å². The lowest BCUT2D eigenvalue weighted by Gasteiger charge is -2.26. The Bertz CT molecular complexity index is 969. The van der Waals surface area contributed by atoms with Gasteiger partial charge in [-0.15, -0.1) is 0 Å². The first-order valence-electron chi connectivity index (χ1n) is 9.67. The monoisotopic (exact) mass is 412 g/mol. The molecule has 1 N–H and O–H groups in total. The number of Topliss-reactive ketones (excluding diaryl/α,β-unsaturated/α-hetero) is 1. The van der Waals surface area contributed by atoms with E-state index in [0.717, 1.165) is 0 Å². The molecule has 1 atom stereocenters. The first kappa shape index (κ1) is 21.5. The summed E-state index contributed by atoms with van der Waals surface area (Å²) in [5.41, 5.74) is 0.417. The Hall–Kier alpha value is -3.19. The number of halogens is 1. The largest absolute Gasteiger partial charge is 0.507 e. The number of hydrogen-bond donors (Lipinski definition) is 1. The van der Waals surface area contributed by atoms with Gasteiger partial charge in [0, 0.05) is 17.7 Å². The van der Waals surface area contributed by atoms with Crippen molar-refractivity contribution in [1.82, 2.24) is 9.80 Å². The lowest BCUT2D eigenvalue weighted by atomic mass is 9.95. The Labute approximate surface area is 175 Å². The number of hydrogen-bond acceptors (Lipinski definition) is 5. The van der Waals surface area contributed by atoms with Gasteiger partial charge in [0.2, 0.25) is 0 Å². The molecule has 6 nitrogen and oxygen atoms in total. The molecule has 2 aromatic carbocycles. The van der Waals surface area contributed by atoms with Crippen LogP contribution in [0.2, 0.25) is 0 Å². The lowest BCUT2D eigenvalue weighted by molar-refractivity contribution is -0.140. The number of carbonyl (C=O) groups is 2. The number of ketones is 1. The molecule has 30 heavy (non-hydrogen) atoms. The molecule has 1 aliphatic rings. The Balaban J connectivity index is 2.09. The maximum atomic E-state index is 14.7. The van der Waals surface area contributed by atoms with Crippen molar-refractivity contribution in [2.24, 2.45) is 0 Å². The summed E-state index contributed by atoms with van der Waals surface area (Å²) in [6, 6.07) is 11.5. The molecule has 1 fully saturated rings. The van der Waals surface area contributed by atoms with Gasteiger partial charge in [-0.3, -0.25) is 9.59 Å². The van der Waals surface area contributed by atoms with Crippen molar-refractivity contribution in [3.63, 3.8) is 0 Å². The fraction of sp³-hybridized carbons (Fsp3) is 0.304. The van der Waals surface area contributed by atoms with Crippen LogP contribution in [-0.4, -0.2) is 60.9 Å². The van der Waals surface area contributed by atoms with Gasteiger partial charge in [0.25, 0.3) is 11.7 Å². The molecule has 1 aliphatic heterocycles. The van der Waals surface area contributed by atoms with Gasteiger partial charge in [-0.25, -0.2) is 4.39 Å². The zero-order valence-electron chi connectivity index (χ0n) is 17.3. The first-order valence-corrected chi connectivity index (χ1v) is 9.67. The number of carbonyl (C=O) groups excluding carboxylic acids is 2. The third-order valence-electron chi connectivity index (χ3n) is 5.11. The highest BCUT2D eigenvalue weighted by Crippen LogP contribution is 2.40. The zero-order chi connectivity index (χ0) is 21.8. The molecule has 7 heteroatoms. The van der Waals surface area contributed by atoms with Crippen LogP contribution in [0.4, 0.5) is 4.39 Å². The first-order chi connectivity index (χ1) is 14.3.